The predicted molar refractivity (Wildman–Crippen MR) is 100.0 cm³/mol. The number of benzene rings is 2. The fourth-order valence-corrected chi connectivity index (χ4v) is 3.30. The first-order chi connectivity index (χ1) is 12.5. The fraction of sp³-hybridized carbons (Fsp3) is 0.190. The van der Waals surface area contributed by atoms with Gasteiger partial charge in [-0.2, -0.15) is 0 Å². The van der Waals surface area contributed by atoms with E-state index in [4.69, 9.17) is 4.42 Å². The highest BCUT2D eigenvalue weighted by Crippen LogP contribution is 2.26. The van der Waals surface area contributed by atoms with Crippen LogP contribution in [0.2, 0.25) is 0 Å². The number of H-pyrrole nitrogens is 1. The van der Waals surface area contributed by atoms with E-state index >= 15 is 0 Å². The standard InChI is InChI=1S/C21H19FN2O2/c1-12-3-6-19-16(9-12)13(2)20(26-19)21(25)23-8-7-14-11-24-18-5-4-15(22)10-17(14)18/h3-6,9-11,24H,7-8H2,1-2H3,(H,23,25). The van der Waals surface area contributed by atoms with E-state index in [-0.39, 0.29) is 11.7 Å². The molecule has 0 radical (unpaired) electrons. The molecule has 4 aromatic rings. The maximum absolute atomic E-state index is 13.4. The minimum Gasteiger partial charge on any atom is -0.451 e. The average Bonchev–Trinajstić information content (AvgIpc) is 3.16. The monoisotopic (exact) mass is 350 g/mol. The topological polar surface area (TPSA) is 58.0 Å². The molecule has 0 aliphatic carbocycles. The second-order valence-electron chi connectivity index (χ2n) is 6.57. The van der Waals surface area contributed by atoms with Gasteiger partial charge in [-0.25, -0.2) is 4.39 Å². The molecule has 4 rings (SSSR count). The summed E-state index contributed by atoms with van der Waals surface area (Å²) in [6.45, 7) is 4.34. The van der Waals surface area contributed by atoms with Gasteiger partial charge in [-0.15, -0.1) is 0 Å². The minimum atomic E-state index is -0.268. The third-order valence-corrected chi connectivity index (χ3v) is 4.71. The van der Waals surface area contributed by atoms with Gasteiger partial charge in [0.05, 0.1) is 0 Å². The third kappa shape index (κ3) is 2.86. The summed E-state index contributed by atoms with van der Waals surface area (Å²) in [5.41, 5.74) is 4.54. The summed E-state index contributed by atoms with van der Waals surface area (Å²) in [6, 6.07) is 10.5. The van der Waals surface area contributed by atoms with Gasteiger partial charge in [-0.3, -0.25) is 4.79 Å². The van der Waals surface area contributed by atoms with Gasteiger partial charge in [0.15, 0.2) is 5.76 Å². The molecule has 0 saturated heterocycles. The van der Waals surface area contributed by atoms with Crippen LogP contribution in [0, 0.1) is 19.7 Å². The molecule has 132 valence electrons. The Morgan fingerprint density at radius 2 is 2.00 bits per heavy atom. The van der Waals surface area contributed by atoms with Crippen LogP contribution in [0.15, 0.2) is 47.0 Å². The molecular formula is C21H19FN2O2. The molecule has 1 amide bonds. The van der Waals surface area contributed by atoms with E-state index in [1.165, 1.54) is 12.1 Å². The Balaban J connectivity index is 1.49. The smallest absolute Gasteiger partial charge is 0.287 e. The number of rotatable bonds is 4. The van der Waals surface area contributed by atoms with E-state index in [1.54, 1.807) is 6.07 Å². The molecule has 4 nitrogen and oxygen atoms in total. The lowest BCUT2D eigenvalue weighted by molar-refractivity contribution is 0.0928. The van der Waals surface area contributed by atoms with E-state index in [0.717, 1.165) is 33.0 Å². The molecule has 0 spiro atoms. The predicted octanol–water partition coefficient (Wildman–Crippen LogP) is 4.64. The number of amides is 1. The lowest BCUT2D eigenvalue weighted by Gasteiger charge is -2.04. The second kappa shape index (κ2) is 6.33. The number of aryl methyl sites for hydroxylation is 2. The zero-order chi connectivity index (χ0) is 18.3. The quantitative estimate of drug-likeness (QED) is 0.563. The number of hydrogen-bond donors (Lipinski definition) is 2. The number of fused-ring (bicyclic) bond motifs is 2. The molecule has 0 aliphatic heterocycles. The van der Waals surface area contributed by atoms with Crippen molar-refractivity contribution in [1.82, 2.24) is 10.3 Å². The zero-order valence-electron chi connectivity index (χ0n) is 14.7. The fourth-order valence-electron chi connectivity index (χ4n) is 3.30. The zero-order valence-corrected chi connectivity index (χ0v) is 14.7. The Morgan fingerprint density at radius 1 is 1.15 bits per heavy atom. The molecule has 0 atom stereocenters. The van der Waals surface area contributed by atoms with Crippen molar-refractivity contribution in [3.8, 4) is 0 Å². The normalized spacial score (nSPS) is 11.3. The summed E-state index contributed by atoms with van der Waals surface area (Å²) in [5, 5.41) is 4.70. The Labute approximate surface area is 150 Å². The first-order valence-electron chi connectivity index (χ1n) is 8.56. The number of carbonyl (C=O) groups is 1. The Bertz CT molecular complexity index is 1120. The van der Waals surface area contributed by atoms with E-state index in [1.807, 2.05) is 38.2 Å². The van der Waals surface area contributed by atoms with E-state index < -0.39 is 0 Å². The maximum atomic E-state index is 13.4. The van der Waals surface area contributed by atoms with Crippen molar-refractivity contribution in [3.63, 3.8) is 0 Å². The van der Waals surface area contributed by atoms with Gasteiger partial charge in [-0.1, -0.05) is 11.6 Å². The molecule has 0 bridgehead atoms. The highest BCUT2D eigenvalue weighted by Gasteiger charge is 2.17. The van der Waals surface area contributed by atoms with Crippen LogP contribution in [0.5, 0.6) is 0 Å². The minimum absolute atomic E-state index is 0.234. The molecule has 0 aliphatic rings. The molecular weight excluding hydrogens is 331 g/mol. The van der Waals surface area contributed by atoms with Crippen LogP contribution in [0.1, 0.15) is 27.2 Å². The summed E-state index contributed by atoms with van der Waals surface area (Å²) >= 11 is 0. The van der Waals surface area contributed by atoms with E-state index in [2.05, 4.69) is 10.3 Å². The van der Waals surface area contributed by atoms with Crippen molar-refractivity contribution in [1.29, 1.82) is 0 Å². The van der Waals surface area contributed by atoms with Gasteiger partial charge >= 0.3 is 0 Å². The number of carbonyl (C=O) groups excluding carboxylic acids is 1. The molecule has 26 heavy (non-hydrogen) atoms. The molecule has 5 heteroatoms. The number of aromatic amines is 1. The Hall–Kier alpha value is -3.08. The van der Waals surface area contributed by atoms with Gasteiger partial charge in [0.2, 0.25) is 0 Å². The van der Waals surface area contributed by atoms with Crippen molar-refractivity contribution in [2.24, 2.45) is 0 Å². The Morgan fingerprint density at radius 3 is 2.85 bits per heavy atom. The molecule has 0 fully saturated rings. The van der Waals surface area contributed by atoms with Gasteiger partial charge < -0.3 is 14.7 Å². The van der Waals surface area contributed by atoms with Crippen LogP contribution in [0.25, 0.3) is 21.9 Å². The number of aromatic nitrogens is 1. The largest absolute Gasteiger partial charge is 0.451 e. The number of nitrogens with one attached hydrogen (secondary N) is 2. The highest BCUT2D eigenvalue weighted by molar-refractivity contribution is 5.99. The lowest BCUT2D eigenvalue weighted by Crippen LogP contribution is -2.25. The first kappa shape index (κ1) is 16.4. The van der Waals surface area contributed by atoms with E-state index in [9.17, 15) is 9.18 Å². The SMILES string of the molecule is Cc1ccc2oc(C(=O)NCCc3c[nH]c4ccc(F)cc34)c(C)c2c1. The molecule has 2 heterocycles. The van der Waals surface area contributed by atoms with Crippen LogP contribution in [-0.4, -0.2) is 17.4 Å². The lowest BCUT2D eigenvalue weighted by atomic mass is 10.1. The van der Waals surface area contributed by atoms with Crippen molar-refractivity contribution < 1.29 is 13.6 Å². The van der Waals surface area contributed by atoms with Gasteiger partial charge in [0.25, 0.3) is 5.91 Å². The second-order valence-corrected chi connectivity index (χ2v) is 6.57. The van der Waals surface area contributed by atoms with Gasteiger partial charge in [0.1, 0.15) is 11.4 Å². The van der Waals surface area contributed by atoms with Crippen LogP contribution in [0.3, 0.4) is 0 Å². The molecule has 2 aromatic heterocycles. The molecule has 2 N–H and O–H groups in total. The van der Waals surface area contributed by atoms with Crippen LogP contribution >= 0.6 is 0 Å². The van der Waals surface area contributed by atoms with Crippen LogP contribution in [0.4, 0.5) is 4.39 Å². The molecule has 0 unspecified atom stereocenters. The summed E-state index contributed by atoms with van der Waals surface area (Å²) in [5.74, 6) is -0.159. The number of furan rings is 1. The van der Waals surface area contributed by atoms with Crippen molar-refractivity contribution in [2.75, 3.05) is 6.54 Å². The average molecular weight is 350 g/mol. The maximum Gasteiger partial charge on any atom is 0.287 e. The summed E-state index contributed by atoms with van der Waals surface area (Å²) in [6.07, 6.45) is 2.46. The first-order valence-corrected chi connectivity index (χ1v) is 8.56. The van der Waals surface area contributed by atoms with Crippen molar-refractivity contribution in [2.45, 2.75) is 20.3 Å². The van der Waals surface area contributed by atoms with Crippen molar-refractivity contribution >= 4 is 27.8 Å². The molecule has 0 saturated carbocycles. The van der Waals surface area contributed by atoms with Crippen LogP contribution in [-0.2, 0) is 6.42 Å². The Kier molecular flexibility index (Phi) is 3.99. The number of halogens is 1. The van der Waals surface area contributed by atoms with Gasteiger partial charge in [0, 0.05) is 34.6 Å². The summed E-state index contributed by atoms with van der Waals surface area (Å²) in [7, 11) is 0. The number of hydrogen-bond acceptors (Lipinski definition) is 2. The van der Waals surface area contributed by atoms with Crippen molar-refractivity contribution in [3.05, 3.63) is 70.9 Å². The van der Waals surface area contributed by atoms with Gasteiger partial charge in [-0.05, 0) is 56.2 Å². The highest BCUT2D eigenvalue weighted by atomic mass is 19.1. The summed E-state index contributed by atoms with van der Waals surface area (Å²) in [4.78, 5) is 15.6. The third-order valence-electron chi connectivity index (χ3n) is 4.71. The van der Waals surface area contributed by atoms with Crippen LogP contribution < -0.4 is 5.32 Å². The molecule has 2 aromatic carbocycles. The summed E-state index contributed by atoms with van der Waals surface area (Å²) < 4.78 is 19.2. The van der Waals surface area contributed by atoms with E-state index in [0.29, 0.717) is 24.3 Å².